The monoisotopic (exact) mass is 262 g/mol. The third-order valence-corrected chi connectivity index (χ3v) is 3.79. The summed E-state index contributed by atoms with van der Waals surface area (Å²) < 4.78 is 0. The lowest BCUT2D eigenvalue weighted by atomic mass is 9.80. The number of benzene rings is 1. The molecule has 0 unspecified atom stereocenters. The van der Waals surface area contributed by atoms with Crippen molar-refractivity contribution in [3.05, 3.63) is 33.9 Å². The maximum atomic E-state index is 12.1. The first-order chi connectivity index (χ1) is 8.86. The number of nitrogens with zero attached hydrogens (tertiary/aromatic N) is 2. The van der Waals surface area contributed by atoms with Crippen LogP contribution in [0.1, 0.15) is 39.2 Å². The molecule has 1 aliphatic heterocycles. The third-order valence-electron chi connectivity index (χ3n) is 3.79. The van der Waals surface area contributed by atoms with Gasteiger partial charge in [-0.15, -0.1) is 0 Å². The molecule has 0 spiro atoms. The molecule has 102 valence electrons. The maximum absolute atomic E-state index is 12.1. The van der Waals surface area contributed by atoms with Crippen LogP contribution < -0.4 is 4.90 Å². The zero-order chi connectivity index (χ0) is 14.2. The van der Waals surface area contributed by atoms with Crippen LogP contribution in [0, 0.1) is 10.1 Å². The molecule has 0 N–H and O–H groups in total. The third kappa shape index (κ3) is 2.32. The first-order valence-corrected chi connectivity index (χ1v) is 6.46. The second kappa shape index (κ2) is 4.64. The fraction of sp³-hybridized carbons (Fsp3) is 0.500. The molecular weight excluding hydrogens is 244 g/mol. The number of carbonyl (C=O) groups excluding carboxylic acids is 1. The molecular formula is C14H18N2O3. The van der Waals surface area contributed by atoms with E-state index in [1.54, 1.807) is 11.0 Å². The molecule has 2 rings (SSSR count). The number of hydrogen-bond acceptors (Lipinski definition) is 3. The maximum Gasteiger partial charge on any atom is 0.271 e. The highest BCUT2D eigenvalue weighted by Gasteiger charge is 2.33. The highest BCUT2D eigenvalue weighted by Crippen LogP contribution is 2.40. The quantitative estimate of drug-likeness (QED) is 0.608. The highest BCUT2D eigenvalue weighted by atomic mass is 16.6. The molecule has 1 aromatic carbocycles. The minimum atomic E-state index is -0.420. The summed E-state index contributed by atoms with van der Waals surface area (Å²) in [7, 11) is 0. The molecule has 1 heterocycles. The Labute approximate surface area is 112 Å². The number of nitro groups is 1. The minimum Gasteiger partial charge on any atom is -0.312 e. The summed E-state index contributed by atoms with van der Waals surface area (Å²) in [5.74, 6) is 0.0369. The van der Waals surface area contributed by atoms with Crippen molar-refractivity contribution < 1.29 is 9.72 Å². The minimum absolute atomic E-state index is 0.0303. The van der Waals surface area contributed by atoms with Gasteiger partial charge in [-0.1, -0.05) is 13.8 Å². The normalized spacial score (nSPS) is 17.8. The molecule has 5 nitrogen and oxygen atoms in total. The molecule has 0 aromatic heterocycles. The summed E-state index contributed by atoms with van der Waals surface area (Å²) in [5, 5.41) is 10.9. The Morgan fingerprint density at radius 3 is 2.68 bits per heavy atom. The Hall–Kier alpha value is -1.91. The summed E-state index contributed by atoms with van der Waals surface area (Å²) in [5.41, 5.74) is 1.57. The Morgan fingerprint density at radius 1 is 1.42 bits per heavy atom. The van der Waals surface area contributed by atoms with Crippen molar-refractivity contribution in [1.82, 2.24) is 0 Å². The number of non-ortho nitro benzene ring substituents is 1. The zero-order valence-electron chi connectivity index (χ0n) is 11.5. The summed E-state index contributed by atoms with van der Waals surface area (Å²) in [4.78, 5) is 24.3. The van der Waals surface area contributed by atoms with Crippen molar-refractivity contribution in [2.75, 3.05) is 11.4 Å². The fourth-order valence-electron chi connectivity index (χ4n) is 2.60. The van der Waals surface area contributed by atoms with Gasteiger partial charge in [-0.2, -0.15) is 0 Å². The van der Waals surface area contributed by atoms with Gasteiger partial charge in [0.2, 0.25) is 5.91 Å². The van der Waals surface area contributed by atoms with Crippen molar-refractivity contribution in [3.8, 4) is 0 Å². The van der Waals surface area contributed by atoms with Crippen molar-refractivity contribution in [2.45, 2.75) is 39.0 Å². The smallest absolute Gasteiger partial charge is 0.271 e. The van der Waals surface area contributed by atoms with Crippen LogP contribution in [0.5, 0.6) is 0 Å². The van der Waals surface area contributed by atoms with Gasteiger partial charge in [-0.3, -0.25) is 14.9 Å². The fourth-order valence-corrected chi connectivity index (χ4v) is 2.60. The van der Waals surface area contributed by atoms with E-state index < -0.39 is 4.92 Å². The molecule has 0 bridgehead atoms. The van der Waals surface area contributed by atoms with Crippen LogP contribution >= 0.6 is 0 Å². The first kappa shape index (κ1) is 13.5. The molecule has 0 fully saturated rings. The molecule has 1 aromatic rings. The topological polar surface area (TPSA) is 63.5 Å². The zero-order valence-corrected chi connectivity index (χ0v) is 11.5. The number of carbonyl (C=O) groups is 1. The molecule has 0 aliphatic carbocycles. The second-order valence-electron chi connectivity index (χ2n) is 5.48. The molecule has 0 atom stereocenters. The second-order valence-corrected chi connectivity index (χ2v) is 5.48. The van der Waals surface area contributed by atoms with Gasteiger partial charge in [0, 0.05) is 25.1 Å². The lowest BCUT2D eigenvalue weighted by Crippen LogP contribution is -2.29. The number of amides is 1. The first-order valence-electron chi connectivity index (χ1n) is 6.46. The molecule has 0 saturated carbocycles. The van der Waals surface area contributed by atoms with Crippen molar-refractivity contribution in [1.29, 1.82) is 0 Å². The van der Waals surface area contributed by atoms with E-state index in [4.69, 9.17) is 0 Å². The summed E-state index contributed by atoms with van der Waals surface area (Å²) >= 11 is 0. The number of rotatable bonds is 2. The van der Waals surface area contributed by atoms with E-state index in [0.717, 1.165) is 12.0 Å². The molecule has 0 saturated heterocycles. The van der Waals surface area contributed by atoms with Crippen LogP contribution in [0.25, 0.3) is 0 Å². The van der Waals surface area contributed by atoms with Gasteiger partial charge in [0.1, 0.15) is 0 Å². The van der Waals surface area contributed by atoms with Gasteiger partial charge >= 0.3 is 0 Å². The van der Waals surface area contributed by atoms with E-state index in [9.17, 15) is 14.9 Å². The van der Waals surface area contributed by atoms with Crippen LogP contribution in [0.3, 0.4) is 0 Å². The predicted octanol–water partition coefficient (Wildman–Crippen LogP) is 3.02. The van der Waals surface area contributed by atoms with Gasteiger partial charge in [0.15, 0.2) is 0 Å². The van der Waals surface area contributed by atoms with E-state index in [1.165, 1.54) is 12.1 Å². The van der Waals surface area contributed by atoms with E-state index >= 15 is 0 Å². The van der Waals surface area contributed by atoms with Crippen molar-refractivity contribution >= 4 is 17.3 Å². The number of hydrogen-bond donors (Lipinski definition) is 0. The Morgan fingerprint density at radius 2 is 2.11 bits per heavy atom. The number of fused-ring (bicyclic) bond motifs is 1. The van der Waals surface area contributed by atoms with E-state index in [0.29, 0.717) is 18.7 Å². The number of nitro benzene ring substituents is 1. The van der Waals surface area contributed by atoms with E-state index in [-0.39, 0.29) is 17.0 Å². The average molecular weight is 262 g/mol. The Kier molecular flexibility index (Phi) is 3.30. The summed E-state index contributed by atoms with van der Waals surface area (Å²) in [6.07, 6.45) is 1.23. The molecule has 1 amide bonds. The molecule has 5 heteroatoms. The molecule has 1 aliphatic rings. The van der Waals surface area contributed by atoms with Gasteiger partial charge in [0.25, 0.3) is 5.69 Å². The molecule has 19 heavy (non-hydrogen) atoms. The van der Waals surface area contributed by atoms with Crippen molar-refractivity contribution in [3.63, 3.8) is 0 Å². The van der Waals surface area contributed by atoms with Gasteiger partial charge in [0.05, 0.1) is 10.6 Å². The Bertz CT molecular complexity index is 537. The summed E-state index contributed by atoms with van der Waals surface area (Å²) in [6.45, 7) is 6.57. The van der Waals surface area contributed by atoms with Gasteiger partial charge < -0.3 is 4.90 Å². The molecule has 0 radical (unpaired) electrons. The predicted molar refractivity (Wildman–Crippen MR) is 73.4 cm³/mol. The van der Waals surface area contributed by atoms with Crippen LogP contribution in [-0.2, 0) is 10.2 Å². The lowest BCUT2D eigenvalue weighted by Gasteiger charge is -2.26. The van der Waals surface area contributed by atoms with Gasteiger partial charge in [-0.05, 0) is 30.4 Å². The van der Waals surface area contributed by atoms with E-state index in [1.807, 2.05) is 6.92 Å². The van der Waals surface area contributed by atoms with E-state index in [2.05, 4.69) is 13.8 Å². The highest BCUT2D eigenvalue weighted by molar-refractivity contribution is 5.95. The van der Waals surface area contributed by atoms with Crippen LogP contribution in [0.2, 0.25) is 0 Å². The SMILES string of the molecule is CCN1C(=O)CCC(C)(C)c2ccc([N+](=O)[O-])cc21. The number of anilines is 1. The lowest BCUT2D eigenvalue weighted by molar-refractivity contribution is -0.384. The Balaban J connectivity index is 2.65. The summed E-state index contributed by atoms with van der Waals surface area (Å²) in [6, 6.07) is 4.82. The van der Waals surface area contributed by atoms with Crippen LogP contribution in [0.15, 0.2) is 18.2 Å². The van der Waals surface area contributed by atoms with Crippen LogP contribution in [-0.4, -0.2) is 17.4 Å². The standard InChI is InChI=1S/C14H18N2O3/c1-4-15-12-9-10(16(18)19)5-6-11(12)14(2,3)8-7-13(15)17/h5-6,9H,4,7-8H2,1-3H3. The van der Waals surface area contributed by atoms with Crippen LogP contribution in [0.4, 0.5) is 11.4 Å². The average Bonchev–Trinajstić information content (AvgIpc) is 2.45. The largest absolute Gasteiger partial charge is 0.312 e. The van der Waals surface area contributed by atoms with Crippen molar-refractivity contribution in [2.24, 2.45) is 0 Å². The van der Waals surface area contributed by atoms with Gasteiger partial charge in [-0.25, -0.2) is 0 Å².